The third kappa shape index (κ3) is 2.28. The van der Waals surface area contributed by atoms with E-state index in [9.17, 15) is 4.79 Å². The van der Waals surface area contributed by atoms with Crippen LogP contribution in [0, 0.1) is 0 Å². The molecule has 0 radical (unpaired) electrons. The van der Waals surface area contributed by atoms with Gasteiger partial charge in [0, 0.05) is 16.7 Å². The number of H-pyrrole nitrogens is 1. The van der Waals surface area contributed by atoms with Crippen molar-refractivity contribution in [1.29, 1.82) is 0 Å². The summed E-state index contributed by atoms with van der Waals surface area (Å²) in [6, 6.07) is 2.28. The summed E-state index contributed by atoms with van der Waals surface area (Å²) in [6.45, 7) is 0.267. The van der Waals surface area contributed by atoms with Crippen LogP contribution in [0.15, 0.2) is 16.7 Å². The first-order valence-electron chi connectivity index (χ1n) is 5.62. The van der Waals surface area contributed by atoms with Crippen LogP contribution in [0.4, 0.5) is 0 Å². The lowest BCUT2D eigenvalue weighted by Gasteiger charge is -2.06. The average Bonchev–Trinajstić information content (AvgIpc) is 2.92. The Balaban J connectivity index is 1.71. The number of amides is 1. The highest BCUT2D eigenvalue weighted by Crippen LogP contribution is 2.37. The Kier molecular flexibility index (Phi) is 2.86. The second-order valence-corrected chi connectivity index (χ2v) is 5.11. The fourth-order valence-corrected chi connectivity index (χ4v) is 2.23. The minimum atomic E-state index is -0.127. The van der Waals surface area contributed by atoms with Crippen molar-refractivity contribution in [3.63, 3.8) is 0 Å². The van der Waals surface area contributed by atoms with Gasteiger partial charge in [0.05, 0.1) is 6.54 Å². The Bertz CT molecular complexity index is 559. The minimum Gasteiger partial charge on any atom is -0.343 e. The Morgan fingerprint density at radius 3 is 3.11 bits per heavy atom. The van der Waals surface area contributed by atoms with E-state index in [1.54, 1.807) is 0 Å². The van der Waals surface area contributed by atoms with E-state index in [-0.39, 0.29) is 12.5 Å². The molecule has 1 aliphatic rings. The molecule has 0 aromatic carbocycles. The zero-order valence-electron chi connectivity index (χ0n) is 9.43. The van der Waals surface area contributed by atoms with Crippen molar-refractivity contribution in [3.8, 4) is 0 Å². The zero-order valence-corrected chi connectivity index (χ0v) is 11.0. The van der Waals surface area contributed by atoms with Gasteiger partial charge in [0.25, 0.3) is 5.91 Å². The van der Waals surface area contributed by atoms with Crippen LogP contribution in [0.5, 0.6) is 0 Å². The Morgan fingerprint density at radius 2 is 2.44 bits per heavy atom. The van der Waals surface area contributed by atoms with E-state index in [1.807, 2.05) is 16.8 Å². The molecule has 2 aromatic heterocycles. The number of nitrogens with zero attached hydrogens (tertiary/aromatic N) is 4. The van der Waals surface area contributed by atoms with Crippen LogP contribution in [0.2, 0.25) is 0 Å². The summed E-state index contributed by atoms with van der Waals surface area (Å²) in [7, 11) is 0. The molecule has 1 fully saturated rings. The summed E-state index contributed by atoms with van der Waals surface area (Å²) >= 11 is 3.40. The van der Waals surface area contributed by atoms with Gasteiger partial charge in [-0.15, -0.1) is 10.2 Å². The largest absolute Gasteiger partial charge is 0.343 e. The molecule has 1 amide bonds. The average molecular weight is 311 g/mol. The van der Waals surface area contributed by atoms with E-state index in [0.717, 1.165) is 17.3 Å². The van der Waals surface area contributed by atoms with Crippen molar-refractivity contribution in [1.82, 2.24) is 30.5 Å². The molecule has 0 aliphatic heterocycles. The number of carbonyl (C=O) groups is 1. The highest BCUT2D eigenvalue weighted by molar-refractivity contribution is 9.10. The summed E-state index contributed by atoms with van der Waals surface area (Å²) in [4.78, 5) is 12.1. The molecule has 3 rings (SSSR count). The van der Waals surface area contributed by atoms with Crippen LogP contribution in [-0.4, -0.2) is 31.1 Å². The number of aromatic amines is 1. The van der Waals surface area contributed by atoms with Crippen molar-refractivity contribution in [2.24, 2.45) is 0 Å². The van der Waals surface area contributed by atoms with Crippen LogP contribution in [0.1, 0.15) is 35.2 Å². The van der Waals surface area contributed by atoms with E-state index in [0.29, 0.717) is 17.6 Å². The maximum atomic E-state index is 12.1. The summed E-state index contributed by atoms with van der Waals surface area (Å²) in [5, 5.41) is 16.1. The molecule has 0 bridgehead atoms. The molecule has 2 aromatic rings. The Labute approximate surface area is 111 Å². The molecule has 0 atom stereocenters. The fraction of sp³-hybridized carbons (Fsp3) is 0.400. The lowest BCUT2D eigenvalue weighted by atomic mass is 10.4. The number of halogens is 1. The van der Waals surface area contributed by atoms with E-state index < -0.39 is 0 Å². The maximum Gasteiger partial charge on any atom is 0.268 e. The summed E-state index contributed by atoms with van der Waals surface area (Å²) in [5.74, 6) is 0.337. The van der Waals surface area contributed by atoms with Crippen LogP contribution in [0.3, 0.4) is 0 Å². The lowest BCUT2D eigenvalue weighted by Crippen LogP contribution is -2.25. The molecule has 8 heteroatoms. The maximum absolute atomic E-state index is 12.1. The summed E-state index contributed by atoms with van der Waals surface area (Å²) in [6.07, 6.45) is 4.21. The van der Waals surface area contributed by atoms with Gasteiger partial charge in [0.15, 0.2) is 5.82 Å². The second kappa shape index (κ2) is 4.52. The number of aromatic nitrogens is 5. The van der Waals surface area contributed by atoms with Crippen LogP contribution in [0.25, 0.3) is 0 Å². The minimum absolute atomic E-state index is 0.127. The van der Waals surface area contributed by atoms with Crippen LogP contribution in [-0.2, 0) is 6.54 Å². The quantitative estimate of drug-likeness (QED) is 0.882. The van der Waals surface area contributed by atoms with Crippen molar-refractivity contribution < 1.29 is 4.79 Å². The molecule has 1 saturated carbocycles. The number of rotatable bonds is 4. The first kappa shape index (κ1) is 11.4. The van der Waals surface area contributed by atoms with Gasteiger partial charge in [-0.25, -0.2) is 0 Å². The van der Waals surface area contributed by atoms with Crippen molar-refractivity contribution in [2.45, 2.75) is 25.4 Å². The predicted octanol–water partition coefficient (Wildman–Crippen LogP) is 1.03. The van der Waals surface area contributed by atoms with Gasteiger partial charge in [-0.2, -0.15) is 5.21 Å². The molecule has 18 heavy (non-hydrogen) atoms. The fourth-order valence-electron chi connectivity index (χ4n) is 1.79. The van der Waals surface area contributed by atoms with Crippen molar-refractivity contribution in [3.05, 3.63) is 28.3 Å². The van der Waals surface area contributed by atoms with Crippen molar-refractivity contribution >= 4 is 21.8 Å². The zero-order chi connectivity index (χ0) is 12.5. The summed E-state index contributed by atoms with van der Waals surface area (Å²) in [5.41, 5.74) is 0.660. The molecular formula is C10H11BrN6O. The van der Waals surface area contributed by atoms with Gasteiger partial charge in [-0.3, -0.25) is 4.79 Å². The SMILES string of the molecule is O=C(NCc1nn[nH]n1)c1cc(Br)cn1C1CC1. The number of carbonyl (C=O) groups excluding carboxylic acids is 1. The molecule has 94 valence electrons. The van der Waals surface area contributed by atoms with E-state index >= 15 is 0 Å². The van der Waals surface area contributed by atoms with Gasteiger partial charge in [-0.1, -0.05) is 5.21 Å². The molecule has 1 aliphatic carbocycles. The van der Waals surface area contributed by atoms with E-state index in [2.05, 4.69) is 41.9 Å². The third-order valence-electron chi connectivity index (χ3n) is 2.78. The predicted molar refractivity (Wildman–Crippen MR) is 65.8 cm³/mol. The summed E-state index contributed by atoms with van der Waals surface area (Å²) < 4.78 is 2.93. The number of nitrogens with one attached hydrogen (secondary N) is 2. The molecule has 2 heterocycles. The topological polar surface area (TPSA) is 88.5 Å². The Hall–Kier alpha value is -1.70. The van der Waals surface area contributed by atoms with Gasteiger partial charge in [0.1, 0.15) is 5.69 Å². The first-order valence-corrected chi connectivity index (χ1v) is 6.41. The van der Waals surface area contributed by atoms with Gasteiger partial charge >= 0.3 is 0 Å². The molecule has 0 spiro atoms. The highest BCUT2D eigenvalue weighted by atomic mass is 79.9. The van der Waals surface area contributed by atoms with Gasteiger partial charge in [-0.05, 0) is 34.8 Å². The third-order valence-corrected chi connectivity index (χ3v) is 3.22. The first-order chi connectivity index (χ1) is 8.74. The molecule has 0 saturated heterocycles. The van der Waals surface area contributed by atoms with Gasteiger partial charge < -0.3 is 9.88 Å². The normalized spacial score (nSPS) is 14.7. The Morgan fingerprint density at radius 1 is 1.61 bits per heavy atom. The van der Waals surface area contributed by atoms with E-state index in [4.69, 9.17) is 0 Å². The van der Waals surface area contributed by atoms with Crippen LogP contribution < -0.4 is 5.32 Å². The molecule has 7 nitrogen and oxygen atoms in total. The smallest absolute Gasteiger partial charge is 0.268 e. The lowest BCUT2D eigenvalue weighted by molar-refractivity contribution is 0.0940. The van der Waals surface area contributed by atoms with Crippen LogP contribution >= 0.6 is 15.9 Å². The highest BCUT2D eigenvalue weighted by Gasteiger charge is 2.27. The van der Waals surface area contributed by atoms with Crippen molar-refractivity contribution in [2.75, 3.05) is 0 Å². The number of tetrazole rings is 1. The molecular weight excluding hydrogens is 300 g/mol. The van der Waals surface area contributed by atoms with Gasteiger partial charge in [0.2, 0.25) is 0 Å². The second-order valence-electron chi connectivity index (χ2n) is 4.19. The standard InChI is InChI=1S/C10H11BrN6O/c11-6-3-8(17(5-6)7-1-2-7)10(18)12-4-9-13-15-16-14-9/h3,5,7H,1-2,4H2,(H,12,18)(H,13,14,15,16). The molecule has 0 unspecified atom stereocenters. The number of hydrogen-bond acceptors (Lipinski definition) is 4. The number of hydrogen-bond donors (Lipinski definition) is 2. The molecule has 2 N–H and O–H groups in total. The van der Waals surface area contributed by atoms with E-state index in [1.165, 1.54) is 0 Å². The monoisotopic (exact) mass is 310 g/mol.